The van der Waals surface area contributed by atoms with Gasteiger partial charge in [-0.3, -0.25) is 5.32 Å². The molecule has 0 spiro atoms. The summed E-state index contributed by atoms with van der Waals surface area (Å²) in [5.74, 6) is 0.333. The number of rotatable bonds is 3. The molecule has 0 unspecified atom stereocenters. The molecule has 0 radical (unpaired) electrons. The second-order valence-electron chi connectivity index (χ2n) is 8.28. The van der Waals surface area contributed by atoms with Gasteiger partial charge in [0.05, 0.1) is 18.9 Å². The van der Waals surface area contributed by atoms with Gasteiger partial charge in [-0.1, -0.05) is 6.92 Å². The van der Waals surface area contributed by atoms with Crippen molar-refractivity contribution in [2.24, 2.45) is 5.92 Å². The molecule has 1 saturated heterocycles. The summed E-state index contributed by atoms with van der Waals surface area (Å²) in [4.78, 5) is 20.8. The predicted molar refractivity (Wildman–Crippen MR) is 122 cm³/mol. The highest BCUT2D eigenvalue weighted by atomic mass is 19.1. The van der Waals surface area contributed by atoms with Gasteiger partial charge in [0.15, 0.2) is 5.82 Å². The van der Waals surface area contributed by atoms with Gasteiger partial charge in [-0.25, -0.2) is 19.2 Å². The second kappa shape index (κ2) is 8.36. The van der Waals surface area contributed by atoms with Gasteiger partial charge < -0.3 is 25.3 Å². The third-order valence-electron chi connectivity index (χ3n) is 6.02. The van der Waals surface area contributed by atoms with Crippen molar-refractivity contribution < 1.29 is 23.4 Å². The van der Waals surface area contributed by atoms with E-state index in [0.29, 0.717) is 54.1 Å². The van der Waals surface area contributed by atoms with E-state index in [1.165, 1.54) is 6.20 Å². The first-order chi connectivity index (χ1) is 15.9. The Morgan fingerprint density at radius 3 is 2.91 bits per heavy atom. The molecule has 4 heterocycles. The molecule has 0 aliphatic carbocycles. The molecule has 172 valence electrons. The van der Waals surface area contributed by atoms with E-state index in [1.54, 1.807) is 18.3 Å². The van der Waals surface area contributed by atoms with Gasteiger partial charge in [-0.15, -0.1) is 0 Å². The number of ether oxygens (including phenoxy) is 3. The minimum Gasteiger partial charge on any atom is -0.474 e. The van der Waals surface area contributed by atoms with E-state index in [0.717, 1.165) is 11.3 Å². The summed E-state index contributed by atoms with van der Waals surface area (Å²) < 4.78 is 31.6. The summed E-state index contributed by atoms with van der Waals surface area (Å²) in [6.45, 7) is 5.92. The van der Waals surface area contributed by atoms with Gasteiger partial charge in [-0.2, -0.15) is 0 Å². The zero-order chi connectivity index (χ0) is 23.1. The summed E-state index contributed by atoms with van der Waals surface area (Å²) in [6.07, 6.45) is 2.08. The largest absolute Gasteiger partial charge is 0.474 e. The number of benzene rings is 1. The third kappa shape index (κ3) is 3.86. The smallest absolute Gasteiger partial charge is 0.413 e. The standard InChI is InChI=1S/C23H24FN5O4/c1-11-9-31-10-17(11)33-23(30)29-18-6-13-5-14(19(24)20(25)16(13)8-27-18)15-7-28-22-21(12(15)2)26-3-4-32-22/h5-8,11,17,26H,3-4,9-10,25H2,1-2H3,(H,27,29,30)/t11-,17-/m1/s1. The molecule has 2 aliphatic heterocycles. The lowest BCUT2D eigenvalue weighted by Gasteiger charge is -2.22. The Hall–Kier alpha value is -3.66. The maximum Gasteiger partial charge on any atom is 0.413 e. The Morgan fingerprint density at radius 2 is 2.12 bits per heavy atom. The molecule has 10 heteroatoms. The number of nitrogens with one attached hydrogen (secondary N) is 2. The van der Waals surface area contributed by atoms with Gasteiger partial charge in [0, 0.05) is 41.4 Å². The maximum absolute atomic E-state index is 15.3. The number of nitrogens with two attached hydrogens (primary N) is 1. The fourth-order valence-electron chi connectivity index (χ4n) is 4.12. The molecule has 33 heavy (non-hydrogen) atoms. The number of hydrogen-bond acceptors (Lipinski definition) is 8. The highest BCUT2D eigenvalue weighted by molar-refractivity contribution is 5.99. The van der Waals surface area contributed by atoms with Crippen molar-refractivity contribution in [1.82, 2.24) is 9.97 Å². The molecule has 4 N–H and O–H groups in total. The number of nitrogens with zero attached hydrogens (tertiary/aromatic N) is 2. The normalized spacial score (nSPS) is 19.5. The Bertz CT molecular complexity index is 1250. The number of aromatic nitrogens is 2. The molecule has 0 bridgehead atoms. The number of nitrogen functional groups attached to an aromatic ring is 1. The van der Waals surface area contributed by atoms with E-state index < -0.39 is 11.9 Å². The molecule has 1 amide bonds. The van der Waals surface area contributed by atoms with Gasteiger partial charge in [0.1, 0.15) is 24.2 Å². The minimum absolute atomic E-state index is 0.0256. The van der Waals surface area contributed by atoms with Crippen molar-refractivity contribution in [2.45, 2.75) is 20.0 Å². The van der Waals surface area contributed by atoms with E-state index in [4.69, 9.17) is 19.9 Å². The van der Waals surface area contributed by atoms with Gasteiger partial charge in [0.25, 0.3) is 0 Å². The molecule has 3 aromatic rings. The molecule has 2 aliphatic rings. The number of hydrogen-bond donors (Lipinski definition) is 3. The molecule has 5 rings (SSSR count). The van der Waals surface area contributed by atoms with E-state index in [-0.39, 0.29) is 23.5 Å². The number of anilines is 3. The summed E-state index contributed by atoms with van der Waals surface area (Å²) >= 11 is 0. The van der Waals surface area contributed by atoms with Crippen LogP contribution in [-0.4, -0.2) is 48.5 Å². The number of pyridine rings is 2. The van der Waals surface area contributed by atoms with Crippen molar-refractivity contribution >= 4 is 34.1 Å². The van der Waals surface area contributed by atoms with Crippen LogP contribution in [0.4, 0.5) is 26.4 Å². The summed E-state index contributed by atoms with van der Waals surface area (Å²) in [5.41, 5.74) is 8.54. The average Bonchev–Trinajstić information content (AvgIpc) is 3.21. The molecular formula is C23H24FN5O4. The van der Waals surface area contributed by atoms with Crippen molar-refractivity contribution in [3.63, 3.8) is 0 Å². The molecule has 2 aromatic heterocycles. The minimum atomic E-state index is -0.625. The Balaban J connectivity index is 1.48. The fraction of sp³-hybridized carbons (Fsp3) is 0.348. The maximum atomic E-state index is 15.3. The number of halogens is 1. The first-order valence-electron chi connectivity index (χ1n) is 10.7. The Morgan fingerprint density at radius 1 is 1.27 bits per heavy atom. The van der Waals surface area contributed by atoms with Crippen LogP contribution in [-0.2, 0) is 9.47 Å². The number of carbonyl (C=O) groups excluding carboxylic acids is 1. The number of amides is 1. The van der Waals surface area contributed by atoms with Crippen molar-refractivity contribution in [3.8, 4) is 17.0 Å². The van der Waals surface area contributed by atoms with Crippen LogP contribution in [0.1, 0.15) is 12.5 Å². The molecule has 1 fully saturated rings. The zero-order valence-corrected chi connectivity index (χ0v) is 18.3. The molecular weight excluding hydrogens is 429 g/mol. The highest BCUT2D eigenvalue weighted by Gasteiger charge is 2.28. The van der Waals surface area contributed by atoms with Gasteiger partial charge in [0.2, 0.25) is 5.88 Å². The van der Waals surface area contributed by atoms with Crippen LogP contribution in [0.25, 0.3) is 21.9 Å². The summed E-state index contributed by atoms with van der Waals surface area (Å²) in [5, 5.41) is 6.94. The number of carbonyl (C=O) groups is 1. The van der Waals surface area contributed by atoms with Crippen LogP contribution in [0.2, 0.25) is 0 Å². The Labute approximate surface area is 189 Å². The van der Waals surface area contributed by atoms with Crippen LogP contribution in [0.5, 0.6) is 5.88 Å². The highest BCUT2D eigenvalue weighted by Crippen LogP contribution is 2.39. The average molecular weight is 453 g/mol. The summed E-state index contributed by atoms with van der Waals surface area (Å²) in [7, 11) is 0. The first kappa shape index (κ1) is 21.2. The van der Waals surface area contributed by atoms with Crippen LogP contribution in [0, 0.1) is 18.7 Å². The SMILES string of the molecule is Cc1c(-c2cc3cc(NC(=O)O[C@@H]4COC[C@H]4C)ncc3c(N)c2F)cnc2c1NCCO2. The lowest BCUT2D eigenvalue weighted by molar-refractivity contribution is 0.0843. The van der Waals surface area contributed by atoms with Crippen LogP contribution in [0.15, 0.2) is 24.5 Å². The van der Waals surface area contributed by atoms with E-state index in [1.807, 2.05) is 13.8 Å². The topological polar surface area (TPSA) is 121 Å². The quantitative estimate of drug-likeness (QED) is 0.513. The van der Waals surface area contributed by atoms with Crippen molar-refractivity contribution in [1.29, 1.82) is 0 Å². The lowest BCUT2D eigenvalue weighted by atomic mass is 9.97. The molecule has 9 nitrogen and oxygen atoms in total. The summed E-state index contributed by atoms with van der Waals surface area (Å²) in [6, 6.07) is 3.30. The van der Waals surface area contributed by atoms with Gasteiger partial charge >= 0.3 is 6.09 Å². The first-order valence-corrected chi connectivity index (χ1v) is 10.7. The monoisotopic (exact) mass is 453 g/mol. The fourth-order valence-corrected chi connectivity index (χ4v) is 4.12. The van der Waals surface area contributed by atoms with E-state index in [9.17, 15) is 4.79 Å². The Kier molecular flexibility index (Phi) is 5.37. The van der Waals surface area contributed by atoms with E-state index in [2.05, 4.69) is 20.6 Å². The third-order valence-corrected chi connectivity index (χ3v) is 6.02. The van der Waals surface area contributed by atoms with Crippen LogP contribution >= 0.6 is 0 Å². The zero-order valence-electron chi connectivity index (χ0n) is 18.3. The van der Waals surface area contributed by atoms with Crippen molar-refractivity contribution in [3.05, 3.63) is 35.9 Å². The predicted octanol–water partition coefficient (Wildman–Crippen LogP) is 3.71. The molecule has 1 aromatic carbocycles. The van der Waals surface area contributed by atoms with E-state index >= 15 is 4.39 Å². The molecule has 0 saturated carbocycles. The van der Waals surface area contributed by atoms with Crippen LogP contribution in [0.3, 0.4) is 0 Å². The van der Waals surface area contributed by atoms with Gasteiger partial charge in [-0.05, 0) is 30.0 Å². The molecule has 2 atom stereocenters. The lowest BCUT2D eigenvalue weighted by Crippen LogP contribution is -2.27. The number of fused-ring (bicyclic) bond motifs is 2. The van der Waals surface area contributed by atoms with Crippen LogP contribution < -0.4 is 21.1 Å². The second-order valence-corrected chi connectivity index (χ2v) is 8.28. The van der Waals surface area contributed by atoms with Crippen molar-refractivity contribution in [2.75, 3.05) is 42.7 Å².